The summed E-state index contributed by atoms with van der Waals surface area (Å²) in [5.41, 5.74) is -1.72. The Kier molecular flexibility index (Phi) is 11.9. The Morgan fingerprint density at radius 2 is 0.926 bits per heavy atom. The predicted molar refractivity (Wildman–Crippen MR) is 202 cm³/mol. The molecule has 54 heavy (non-hydrogen) atoms. The molecule has 0 radical (unpaired) electrons. The number of nitrogens with one attached hydrogen (secondary N) is 4. The highest BCUT2D eigenvalue weighted by atomic mass is 16.2. The first-order valence-electron chi connectivity index (χ1n) is 21.3. The van der Waals surface area contributed by atoms with Crippen LogP contribution in [-0.2, 0) is 19.2 Å². The molecule has 300 valence electrons. The molecule has 0 aromatic carbocycles. The van der Waals surface area contributed by atoms with Crippen LogP contribution in [0.5, 0.6) is 0 Å². The zero-order chi connectivity index (χ0) is 38.0. The smallest absolute Gasteiger partial charge is 0.322 e. The largest absolute Gasteiger partial charge is 0.340 e. The number of hydrogen-bond donors (Lipinski definition) is 4. The summed E-state index contributed by atoms with van der Waals surface area (Å²) < 4.78 is 0. The van der Waals surface area contributed by atoms with E-state index in [1.165, 1.54) is 64.2 Å². The van der Waals surface area contributed by atoms with E-state index in [1.54, 1.807) is 0 Å². The number of imide groups is 2. The van der Waals surface area contributed by atoms with Crippen LogP contribution >= 0.6 is 0 Å². The van der Waals surface area contributed by atoms with Crippen molar-refractivity contribution in [3.63, 3.8) is 0 Å². The third-order valence-electron chi connectivity index (χ3n) is 14.1. The number of amides is 8. The fourth-order valence-corrected chi connectivity index (χ4v) is 10.7. The molecule has 8 fully saturated rings. The molecular weight excluding hydrogens is 688 g/mol. The Hall–Kier alpha value is -3.26. The van der Waals surface area contributed by atoms with Gasteiger partial charge < -0.3 is 20.4 Å². The van der Waals surface area contributed by atoms with Crippen LogP contribution in [0.15, 0.2) is 0 Å². The van der Waals surface area contributed by atoms with Crippen molar-refractivity contribution < 1.29 is 28.8 Å². The molecule has 4 atom stereocenters. The van der Waals surface area contributed by atoms with E-state index >= 15 is 0 Å². The second kappa shape index (κ2) is 16.5. The Balaban J connectivity index is 0.000000167. The van der Waals surface area contributed by atoms with Crippen LogP contribution in [0.2, 0.25) is 0 Å². The maximum atomic E-state index is 12.8. The Bertz CT molecular complexity index is 1330. The predicted octanol–water partition coefficient (Wildman–Crippen LogP) is 3.24. The summed E-state index contributed by atoms with van der Waals surface area (Å²) in [5, 5.41) is 10.4. The van der Waals surface area contributed by atoms with Gasteiger partial charge in [0.1, 0.15) is 11.1 Å². The second-order valence-electron chi connectivity index (χ2n) is 17.7. The lowest BCUT2D eigenvalue weighted by Gasteiger charge is -2.45. The normalized spacial score (nSPS) is 33.1. The molecule has 4 aliphatic heterocycles. The van der Waals surface area contributed by atoms with Crippen molar-refractivity contribution in [2.75, 3.05) is 39.3 Å². The first-order valence-corrected chi connectivity index (χ1v) is 21.3. The third-order valence-corrected chi connectivity index (χ3v) is 14.1. The standard InChI is InChI=1S/2C20H32N4O3/c2*1-14-13-23(11-12-24(14)16-5-3-2-4-6-16)17(25)9-10-20(15-7-8-15)18(26)21-19(27)22-20/h2*14-16H,2-13H2,1H3,(H2,21,22,26,27)/t14-,20?;14-,20-/m00/s1. The lowest BCUT2D eigenvalue weighted by molar-refractivity contribution is -0.136. The molecule has 4 heterocycles. The maximum absolute atomic E-state index is 12.8. The first kappa shape index (κ1) is 39.0. The minimum absolute atomic E-state index is 0.110. The number of rotatable bonds is 10. The summed E-state index contributed by atoms with van der Waals surface area (Å²) in [7, 11) is 0. The molecule has 14 heteroatoms. The van der Waals surface area contributed by atoms with Crippen LogP contribution in [0, 0.1) is 11.8 Å². The fourth-order valence-electron chi connectivity index (χ4n) is 10.7. The quantitative estimate of drug-likeness (QED) is 0.247. The molecule has 8 amide bonds. The Morgan fingerprint density at radius 3 is 1.22 bits per heavy atom. The minimum Gasteiger partial charge on any atom is -0.340 e. The topological polar surface area (TPSA) is 164 Å². The van der Waals surface area contributed by atoms with Gasteiger partial charge in [-0.25, -0.2) is 9.59 Å². The van der Waals surface area contributed by atoms with Crippen LogP contribution in [0.3, 0.4) is 0 Å². The lowest BCUT2D eigenvalue weighted by atomic mass is 9.87. The van der Waals surface area contributed by atoms with Gasteiger partial charge in [0.15, 0.2) is 0 Å². The molecule has 0 spiro atoms. The number of piperazine rings is 2. The molecule has 4 N–H and O–H groups in total. The highest BCUT2D eigenvalue weighted by Gasteiger charge is 2.57. The zero-order valence-electron chi connectivity index (χ0n) is 32.7. The molecule has 1 unspecified atom stereocenters. The number of carbonyl (C=O) groups is 6. The summed E-state index contributed by atoms with van der Waals surface area (Å²) in [6, 6.07) is 1.29. The summed E-state index contributed by atoms with van der Waals surface area (Å²) >= 11 is 0. The van der Waals surface area contributed by atoms with Gasteiger partial charge >= 0.3 is 12.1 Å². The molecule has 0 bridgehead atoms. The number of hydrogen-bond acceptors (Lipinski definition) is 8. The van der Waals surface area contributed by atoms with Crippen LogP contribution in [-0.4, -0.2) is 130 Å². The van der Waals surface area contributed by atoms with Gasteiger partial charge in [-0.1, -0.05) is 38.5 Å². The molecule has 0 aromatic rings. The van der Waals surface area contributed by atoms with Gasteiger partial charge in [0.2, 0.25) is 11.8 Å². The van der Waals surface area contributed by atoms with Gasteiger partial charge in [-0.05, 0) is 89.9 Å². The molecule has 4 saturated carbocycles. The molecule has 8 rings (SSSR count). The van der Waals surface area contributed by atoms with E-state index in [-0.39, 0.29) is 35.5 Å². The van der Waals surface area contributed by atoms with Crippen molar-refractivity contribution in [1.82, 2.24) is 40.9 Å². The first-order chi connectivity index (χ1) is 26.0. The van der Waals surface area contributed by atoms with Crippen LogP contribution < -0.4 is 21.3 Å². The molecule has 0 aromatic heterocycles. The fraction of sp³-hybridized carbons (Fsp3) is 0.850. The maximum Gasteiger partial charge on any atom is 0.322 e. The van der Waals surface area contributed by atoms with Crippen molar-refractivity contribution in [2.24, 2.45) is 11.8 Å². The van der Waals surface area contributed by atoms with E-state index in [4.69, 9.17) is 0 Å². The van der Waals surface area contributed by atoms with Crippen molar-refractivity contribution in [2.45, 2.75) is 165 Å². The average molecular weight is 753 g/mol. The Labute approximate surface area is 320 Å². The van der Waals surface area contributed by atoms with Gasteiger partial charge in [-0.3, -0.25) is 39.6 Å². The number of nitrogens with zero attached hydrogens (tertiary/aromatic N) is 4. The molecule has 4 saturated heterocycles. The van der Waals surface area contributed by atoms with Gasteiger partial charge in [0, 0.05) is 76.3 Å². The second-order valence-corrected chi connectivity index (χ2v) is 17.7. The zero-order valence-corrected chi connectivity index (χ0v) is 32.7. The van der Waals surface area contributed by atoms with Crippen molar-refractivity contribution in [3.05, 3.63) is 0 Å². The van der Waals surface area contributed by atoms with Gasteiger partial charge in [-0.15, -0.1) is 0 Å². The molecule has 14 nitrogen and oxygen atoms in total. The molecule has 4 aliphatic carbocycles. The molecule has 8 aliphatic rings. The summed E-state index contributed by atoms with van der Waals surface area (Å²) in [5.74, 6) is 0.0763. The van der Waals surface area contributed by atoms with E-state index in [1.807, 2.05) is 9.80 Å². The number of carbonyl (C=O) groups excluding carboxylic acids is 6. The van der Waals surface area contributed by atoms with Gasteiger partial charge in [0.25, 0.3) is 11.8 Å². The number of urea groups is 2. The summed E-state index contributed by atoms with van der Waals surface area (Å²) in [6.45, 7) is 9.43. The average Bonchev–Trinajstić information content (AvgIpc) is 4.11. The summed E-state index contributed by atoms with van der Waals surface area (Å²) in [6.07, 6.45) is 18.4. The van der Waals surface area contributed by atoms with Crippen LogP contribution in [0.4, 0.5) is 9.59 Å². The van der Waals surface area contributed by atoms with E-state index in [0.717, 1.165) is 65.0 Å². The van der Waals surface area contributed by atoms with Gasteiger partial charge in [0.05, 0.1) is 0 Å². The Morgan fingerprint density at radius 1 is 0.556 bits per heavy atom. The third kappa shape index (κ3) is 8.44. The van der Waals surface area contributed by atoms with E-state index in [2.05, 4.69) is 44.9 Å². The van der Waals surface area contributed by atoms with Crippen LogP contribution in [0.25, 0.3) is 0 Å². The minimum atomic E-state index is -0.859. The van der Waals surface area contributed by atoms with E-state index < -0.39 is 23.1 Å². The molecular formula is C40H64N8O6. The lowest BCUT2D eigenvalue weighted by Crippen LogP contribution is -2.57. The SMILES string of the molecule is C[C@H]1CN(C(=O)CCC2(C3CC3)NC(=O)NC2=O)CCN1C1CCCCC1.C[C@H]1CN(C(=O)CC[C@@]2(C3CC3)NC(=O)NC2=O)CCN1C1CCCCC1. The van der Waals surface area contributed by atoms with Crippen molar-refractivity contribution >= 4 is 35.7 Å². The van der Waals surface area contributed by atoms with Crippen molar-refractivity contribution in [3.8, 4) is 0 Å². The highest BCUT2D eigenvalue weighted by molar-refractivity contribution is 6.08. The van der Waals surface area contributed by atoms with Gasteiger partial charge in [-0.2, -0.15) is 0 Å². The van der Waals surface area contributed by atoms with E-state index in [0.29, 0.717) is 49.9 Å². The van der Waals surface area contributed by atoms with E-state index in [9.17, 15) is 28.8 Å². The van der Waals surface area contributed by atoms with Crippen LogP contribution in [0.1, 0.15) is 129 Å². The monoisotopic (exact) mass is 752 g/mol. The van der Waals surface area contributed by atoms with Crippen molar-refractivity contribution in [1.29, 1.82) is 0 Å². The highest BCUT2D eigenvalue weighted by Crippen LogP contribution is 2.45. The summed E-state index contributed by atoms with van der Waals surface area (Å²) in [4.78, 5) is 82.7.